The molecule has 0 bridgehead atoms. The van der Waals surface area contributed by atoms with Gasteiger partial charge in [-0.3, -0.25) is 9.59 Å². The number of hydrogen-bond donors (Lipinski definition) is 0. The lowest BCUT2D eigenvalue weighted by molar-refractivity contribution is 0.0923. The summed E-state index contributed by atoms with van der Waals surface area (Å²) >= 11 is 0. The number of anilines is 1. The summed E-state index contributed by atoms with van der Waals surface area (Å²) in [6.45, 7) is 1.58. The maximum atomic E-state index is 13.8. The molecule has 112 valence electrons. The van der Waals surface area contributed by atoms with Crippen LogP contribution in [0.2, 0.25) is 0 Å². The first kappa shape index (κ1) is 14.2. The normalized spacial score (nSPS) is 13.8. The summed E-state index contributed by atoms with van der Waals surface area (Å²) in [4.78, 5) is 24.9. The van der Waals surface area contributed by atoms with Gasteiger partial charge >= 0.3 is 0 Å². The zero-order valence-corrected chi connectivity index (χ0v) is 11.1. The van der Waals surface area contributed by atoms with Crippen molar-refractivity contribution < 1.29 is 27.2 Å². The van der Waals surface area contributed by atoms with Gasteiger partial charge in [0.2, 0.25) is 0 Å². The first-order valence-corrected chi connectivity index (χ1v) is 6.16. The number of benzene rings is 2. The van der Waals surface area contributed by atoms with Gasteiger partial charge in [-0.2, -0.15) is 0 Å². The van der Waals surface area contributed by atoms with Crippen molar-refractivity contribution in [3.05, 3.63) is 64.2 Å². The molecule has 3 nitrogen and oxygen atoms in total. The van der Waals surface area contributed by atoms with Gasteiger partial charge in [0.15, 0.2) is 23.3 Å². The molecule has 1 heterocycles. The third-order valence-electron chi connectivity index (χ3n) is 3.46. The number of halogens is 4. The molecule has 0 aromatic heterocycles. The van der Waals surface area contributed by atoms with E-state index < -0.39 is 46.2 Å². The largest absolute Gasteiger partial charge is 0.269 e. The maximum Gasteiger partial charge on any atom is 0.269 e. The van der Waals surface area contributed by atoms with E-state index in [1.807, 2.05) is 0 Å². The highest BCUT2D eigenvalue weighted by Gasteiger charge is 2.44. The molecule has 3 rings (SSSR count). The summed E-state index contributed by atoms with van der Waals surface area (Å²) in [7, 11) is 0. The second-order valence-electron chi connectivity index (χ2n) is 4.74. The van der Waals surface area contributed by atoms with E-state index in [-0.39, 0.29) is 5.69 Å². The maximum absolute atomic E-state index is 13.8. The van der Waals surface area contributed by atoms with E-state index in [1.54, 1.807) is 19.1 Å². The number of carbonyl (C=O) groups excluding carboxylic acids is 2. The molecule has 0 saturated heterocycles. The van der Waals surface area contributed by atoms with Crippen LogP contribution in [0.1, 0.15) is 26.3 Å². The molecule has 22 heavy (non-hydrogen) atoms. The monoisotopic (exact) mass is 309 g/mol. The molecule has 7 heteroatoms. The predicted molar refractivity (Wildman–Crippen MR) is 68.6 cm³/mol. The fourth-order valence-electron chi connectivity index (χ4n) is 2.38. The molecule has 2 amide bonds. The smallest absolute Gasteiger partial charge is 0.268 e. The topological polar surface area (TPSA) is 37.4 Å². The van der Waals surface area contributed by atoms with Crippen molar-refractivity contribution >= 4 is 17.5 Å². The first-order valence-electron chi connectivity index (χ1n) is 6.16. The Hall–Kier alpha value is -2.70. The molecule has 0 atom stereocenters. The number of amides is 2. The first-order chi connectivity index (χ1) is 10.4. The van der Waals surface area contributed by atoms with E-state index in [0.717, 1.165) is 0 Å². The minimum Gasteiger partial charge on any atom is -0.268 e. The van der Waals surface area contributed by atoms with Gasteiger partial charge in [0, 0.05) is 0 Å². The summed E-state index contributed by atoms with van der Waals surface area (Å²) in [6.07, 6.45) is 0. The highest BCUT2D eigenvalue weighted by atomic mass is 19.2. The number of carbonyl (C=O) groups is 2. The van der Waals surface area contributed by atoms with Gasteiger partial charge in [-0.05, 0) is 18.6 Å². The number of aryl methyl sites for hydroxylation is 1. The van der Waals surface area contributed by atoms with Gasteiger partial charge in [-0.15, -0.1) is 0 Å². The van der Waals surface area contributed by atoms with Gasteiger partial charge in [0.25, 0.3) is 11.8 Å². The molecule has 2 aromatic carbocycles. The number of rotatable bonds is 1. The van der Waals surface area contributed by atoms with Crippen molar-refractivity contribution in [2.24, 2.45) is 0 Å². The van der Waals surface area contributed by atoms with Crippen LogP contribution in [0, 0.1) is 30.2 Å². The zero-order chi connectivity index (χ0) is 16.2. The Morgan fingerprint density at radius 1 is 0.773 bits per heavy atom. The summed E-state index contributed by atoms with van der Waals surface area (Å²) in [5.74, 6) is -10.5. The van der Waals surface area contributed by atoms with Gasteiger partial charge in [0.1, 0.15) is 0 Å². The molecule has 0 aliphatic carbocycles. The molecule has 2 aromatic rings. The molecule has 0 unspecified atom stereocenters. The quantitative estimate of drug-likeness (QED) is 0.351. The van der Waals surface area contributed by atoms with Crippen molar-refractivity contribution in [3.8, 4) is 0 Å². The molecule has 1 aliphatic rings. The standard InChI is InChI=1S/C15H7F4NO2/c1-6-4-2-3-5-7(6)20-14(21)8-9(15(20)22)11(17)13(19)12(18)10(8)16/h2-5H,1H3. The minimum atomic E-state index is -2.12. The van der Waals surface area contributed by atoms with Crippen LogP contribution in [0.4, 0.5) is 23.2 Å². The molecular weight excluding hydrogens is 302 g/mol. The molecule has 0 saturated carbocycles. The van der Waals surface area contributed by atoms with Crippen molar-refractivity contribution in [1.82, 2.24) is 0 Å². The van der Waals surface area contributed by atoms with E-state index >= 15 is 0 Å². The summed E-state index contributed by atoms with van der Waals surface area (Å²) in [6, 6.07) is 6.11. The predicted octanol–water partition coefficient (Wildman–Crippen LogP) is 3.35. The van der Waals surface area contributed by atoms with E-state index in [4.69, 9.17) is 0 Å². The lowest BCUT2D eigenvalue weighted by atomic mass is 10.1. The van der Waals surface area contributed by atoms with E-state index in [2.05, 4.69) is 0 Å². The third kappa shape index (κ3) is 1.68. The Labute approximate surface area is 121 Å². The van der Waals surface area contributed by atoms with Crippen LogP contribution in [0.3, 0.4) is 0 Å². The molecule has 1 aliphatic heterocycles. The molecule has 0 radical (unpaired) electrons. The van der Waals surface area contributed by atoms with E-state index in [9.17, 15) is 27.2 Å². The van der Waals surface area contributed by atoms with Crippen LogP contribution in [0.15, 0.2) is 24.3 Å². The molecular formula is C15H7F4NO2. The van der Waals surface area contributed by atoms with Crippen molar-refractivity contribution in [2.75, 3.05) is 4.90 Å². The lowest BCUT2D eigenvalue weighted by Crippen LogP contribution is -2.30. The van der Waals surface area contributed by atoms with Crippen molar-refractivity contribution in [2.45, 2.75) is 6.92 Å². The Balaban J connectivity index is 2.29. The average molecular weight is 309 g/mol. The van der Waals surface area contributed by atoms with Crippen LogP contribution in [-0.2, 0) is 0 Å². The Bertz CT molecular complexity index is 801. The molecule has 0 spiro atoms. The SMILES string of the molecule is Cc1ccccc1N1C(=O)c2c(F)c(F)c(F)c(F)c2C1=O. The second-order valence-corrected chi connectivity index (χ2v) is 4.74. The minimum absolute atomic E-state index is 0.0910. The highest BCUT2D eigenvalue weighted by molar-refractivity contribution is 6.34. The van der Waals surface area contributed by atoms with Gasteiger partial charge in [-0.25, -0.2) is 22.5 Å². The summed E-state index contributed by atoms with van der Waals surface area (Å²) in [5.41, 5.74) is -1.61. The van der Waals surface area contributed by atoms with Gasteiger partial charge < -0.3 is 0 Å². The fourth-order valence-corrected chi connectivity index (χ4v) is 2.38. The van der Waals surface area contributed by atoms with Gasteiger partial charge in [0.05, 0.1) is 16.8 Å². The van der Waals surface area contributed by atoms with Crippen LogP contribution in [0.5, 0.6) is 0 Å². The molecule has 0 fully saturated rings. The number of fused-ring (bicyclic) bond motifs is 1. The molecule has 0 N–H and O–H groups in total. The number of hydrogen-bond acceptors (Lipinski definition) is 2. The van der Waals surface area contributed by atoms with Crippen LogP contribution < -0.4 is 4.90 Å². The second kappa shape index (κ2) is 4.66. The van der Waals surface area contributed by atoms with E-state index in [1.165, 1.54) is 12.1 Å². The van der Waals surface area contributed by atoms with E-state index in [0.29, 0.717) is 10.5 Å². The van der Waals surface area contributed by atoms with Crippen LogP contribution in [-0.4, -0.2) is 11.8 Å². The Morgan fingerprint density at radius 3 is 1.68 bits per heavy atom. The number of nitrogens with zero attached hydrogens (tertiary/aromatic N) is 1. The number of para-hydroxylation sites is 1. The van der Waals surface area contributed by atoms with Gasteiger partial charge in [-0.1, -0.05) is 18.2 Å². The highest BCUT2D eigenvalue weighted by Crippen LogP contribution is 2.35. The summed E-state index contributed by atoms with van der Waals surface area (Å²) in [5, 5.41) is 0. The van der Waals surface area contributed by atoms with Crippen molar-refractivity contribution in [3.63, 3.8) is 0 Å². The number of imide groups is 1. The zero-order valence-electron chi connectivity index (χ0n) is 11.1. The van der Waals surface area contributed by atoms with Crippen molar-refractivity contribution in [1.29, 1.82) is 0 Å². The Morgan fingerprint density at radius 2 is 1.23 bits per heavy atom. The van der Waals surface area contributed by atoms with Crippen LogP contribution in [0.25, 0.3) is 0 Å². The Kier molecular flexibility index (Phi) is 3.01. The average Bonchev–Trinajstić information content (AvgIpc) is 2.75. The van der Waals surface area contributed by atoms with Crippen LogP contribution >= 0.6 is 0 Å². The fraction of sp³-hybridized carbons (Fsp3) is 0.0667. The third-order valence-corrected chi connectivity index (χ3v) is 3.46. The summed E-state index contributed by atoms with van der Waals surface area (Å²) < 4.78 is 54.1. The lowest BCUT2D eigenvalue weighted by Gasteiger charge is -2.16.